The number of aromatic nitrogens is 4. The van der Waals surface area contributed by atoms with E-state index in [1.165, 1.54) is 16.4 Å². The Kier molecular flexibility index (Phi) is 5.05. The molecule has 2 aromatic heterocycles. The summed E-state index contributed by atoms with van der Waals surface area (Å²) in [5.74, 6) is -0.00390. The molecule has 0 aliphatic carbocycles. The van der Waals surface area contributed by atoms with Gasteiger partial charge in [0.2, 0.25) is 5.88 Å². The maximum Gasteiger partial charge on any atom is 0.347 e. The van der Waals surface area contributed by atoms with E-state index in [1.807, 2.05) is 0 Å². The quantitative estimate of drug-likeness (QED) is 0.887. The van der Waals surface area contributed by atoms with Gasteiger partial charge in [-0.2, -0.15) is 5.10 Å². The van der Waals surface area contributed by atoms with Gasteiger partial charge < -0.3 is 9.84 Å². The lowest BCUT2D eigenvalue weighted by Crippen LogP contribution is -2.34. The van der Waals surface area contributed by atoms with E-state index < -0.39 is 17.7 Å². The number of carbonyl (C=O) groups is 1. The number of carboxylic acid groups (broad SMARTS) is 1. The monoisotopic (exact) mass is 340 g/mol. The van der Waals surface area contributed by atoms with Crippen molar-refractivity contribution in [1.29, 1.82) is 0 Å². The molecule has 0 spiro atoms. The molecule has 0 amide bonds. The van der Waals surface area contributed by atoms with Crippen molar-refractivity contribution in [2.24, 2.45) is 0 Å². The molecule has 0 bridgehead atoms. The molecule has 0 fully saturated rings. The molecule has 124 valence electrons. The molecule has 1 aliphatic heterocycles. The molecule has 1 aliphatic rings. The minimum atomic E-state index is -0.992. The van der Waals surface area contributed by atoms with Crippen LogP contribution in [0.25, 0.3) is 0 Å². The lowest BCUT2D eigenvalue weighted by Gasteiger charge is -2.19. The average molecular weight is 341 g/mol. The minimum absolute atomic E-state index is 0. The van der Waals surface area contributed by atoms with E-state index in [4.69, 9.17) is 4.74 Å². The van der Waals surface area contributed by atoms with Gasteiger partial charge in [-0.15, -0.1) is 12.4 Å². The number of hydrogen-bond acceptors (Lipinski definition) is 5. The van der Waals surface area contributed by atoms with Gasteiger partial charge in [-0.1, -0.05) is 0 Å². The highest BCUT2D eigenvalue weighted by Crippen LogP contribution is 2.22. The van der Waals surface area contributed by atoms with Crippen molar-refractivity contribution in [2.45, 2.75) is 31.8 Å². The van der Waals surface area contributed by atoms with Crippen LogP contribution in [-0.2, 0) is 17.8 Å². The zero-order valence-electron chi connectivity index (χ0n) is 12.5. The zero-order valence-corrected chi connectivity index (χ0v) is 13.3. The molecule has 3 heterocycles. The third-order valence-electron chi connectivity index (χ3n) is 3.76. The fourth-order valence-corrected chi connectivity index (χ4v) is 2.70. The molecule has 23 heavy (non-hydrogen) atoms. The van der Waals surface area contributed by atoms with Crippen molar-refractivity contribution in [3.63, 3.8) is 0 Å². The Labute approximate surface area is 138 Å². The van der Waals surface area contributed by atoms with Gasteiger partial charge >= 0.3 is 11.7 Å². The Morgan fingerprint density at radius 3 is 3.00 bits per heavy atom. The number of hydrogen-bond donors (Lipinski definition) is 1. The minimum Gasteiger partial charge on any atom is -0.481 e. The number of nitrogens with zero attached hydrogens (tertiary/aromatic N) is 4. The lowest BCUT2D eigenvalue weighted by molar-refractivity contribution is -0.141. The number of ether oxygens (including phenoxy) is 1. The fraction of sp³-hybridized carbons (Fsp3) is 0.429. The molecule has 0 saturated carbocycles. The van der Waals surface area contributed by atoms with Crippen LogP contribution in [0.4, 0.5) is 0 Å². The Hall–Kier alpha value is -2.35. The predicted molar refractivity (Wildman–Crippen MR) is 83.2 cm³/mol. The van der Waals surface area contributed by atoms with Gasteiger partial charge in [0.05, 0.1) is 13.7 Å². The zero-order chi connectivity index (χ0) is 15.7. The first-order valence-corrected chi connectivity index (χ1v) is 7.00. The van der Waals surface area contributed by atoms with E-state index in [1.54, 1.807) is 18.3 Å². The summed E-state index contributed by atoms with van der Waals surface area (Å²) in [6.45, 7) is 0.254. The molecule has 1 N–H and O–H groups in total. The first kappa shape index (κ1) is 17.0. The highest BCUT2D eigenvalue weighted by molar-refractivity contribution is 5.85. The third kappa shape index (κ3) is 3.21. The van der Waals surface area contributed by atoms with Crippen LogP contribution in [0.2, 0.25) is 0 Å². The summed E-state index contributed by atoms with van der Waals surface area (Å²) in [5, 5.41) is 13.5. The molecule has 1 atom stereocenters. The van der Waals surface area contributed by atoms with Crippen molar-refractivity contribution in [2.75, 3.05) is 7.11 Å². The number of pyridine rings is 1. The van der Waals surface area contributed by atoms with E-state index in [2.05, 4.69) is 10.1 Å². The van der Waals surface area contributed by atoms with Gasteiger partial charge in [0.15, 0.2) is 0 Å². The van der Waals surface area contributed by atoms with Crippen molar-refractivity contribution < 1.29 is 14.6 Å². The van der Waals surface area contributed by atoms with Gasteiger partial charge in [0.25, 0.3) is 0 Å². The van der Waals surface area contributed by atoms with Crippen LogP contribution in [0.1, 0.15) is 30.3 Å². The van der Waals surface area contributed by atoms with E-state index in [9.17, 15) is 14.7 Å². The molecule has 0 saturated heterocycles. The van der Waals surface area contributed by atoms with Crippen LogP contribution < -0.4 is 10.4 Å². The highest BCUT2D eigenvalue weighted by Gasteiger charge is 2.30. The molecule has 0 radical (unpaired) electrons. The summed E-state index contributed by atoms with van der Waals surface area (Å²) in [5.41, 5.74) is 0.425. The van der Waals surface area contributed by atoms with Gasteiger partial charge in [-0.05, 0) is 24.5 Å². The molecule has 9 heteroatoms. The van der Waals surface area contributed by atoms with Crippen molar-refractivity contribution >= 4 is 18.4 Å². The maximum absolute atomic E-state index is 12.4. The SMILES string of the molecule is COc1cc(Cn2nc3n(c2=O)C(C(=O)O)CCC3)ccn1.Cl. The standard InChI is InChI=1S/C14H16N4O4.ClH/c1-22-12-7-9(5-6-15-12)8-17-14(21)18-10(13(19)20)3-2-4-11(18)16-17;/h5-7,10H,2-4,8H2,1H3,(H,19,20);1H. The number of methoxy groups -OCH3 is 1. The largest absolute Gasteiger partial charge is 0.481 e. The summed E-state index contributed by atoms with van der Waals surface area (Å²) in [6.07, 6.45) is 3.38. The summed E-state index contributed by atoms with van der Waals surface area (Å²) < 4.78 is 7.64. The molecule has 2 aromatic rings. The van der Waals surface area contributed by atoms with Crippen molar-refractivity contribution in [3.05, 3.63) is 40.2 Å². The third-order valence-corrected chi connectivity index (χ3v) is 3.76. The number of aliphatic carboxylic acids is 1. The van der Waals surface area contributed by atoms with Crippen LogP contribution in [0, 0.1) is 0 Å². The van der Waals surface area contributed by atoms with Crippen LogP contribution >= 0.6 is 12.4 Å². The van der Waals surface area contributed by atoms with E-state index in [0.29, 0.717) is 24.5 Å². The van der Waals surface area contributed by atoms with E-state index in [0.717, 1.165) is 12.0 Å². The maximum atomic E-state index is 12.4. The fourth-order valence-electron chi connectivity index (χ4n) is 2.70. The normalized spacial score (nSPS) is 16.3. The second-order valence-corrected chi connectivity index (χ2v) is 5.18. The van der Waals surface area contributed by atoms with Gasteiger partial charge in [-0.3, -0.25) is 4.57 Å². The molecule has 3 rings (SSSR count). The molecular formula is C14H17ClN4O4. The Morgan fingerprint density at radius 2 is 2.30 bits per heavy atom. The van der Waals surface area contributed by atoms with Crippen LogP contribution in [0.15, 0.2) is 23.1 Å². The first-order chi connectivity index (χ1) is 10.6. The molecular weight excluding hydrogens is 324 g/mol. The van der Waals surface area contributed by atoms with Gasteiger partial charge in [0, 0.05) is 18.7 Å². The molecule has 0 aromatic carbocycles. The smallest absolute Gasteiger partial charge is 0.347 e. The van der Waals surface area contributed by atoms with Crippen molar-refractivity contribution in [1.82, 2.24) is 19.3 Å². The lowest BCUT2D eigenvalue weighted by atomic mass is 10.1. The molecule has 1 unspecified atom stereocenters. The Bertz CT molecular complexity index is 770. The number of carboxylic acids is 1. The average Bonchev–Trinajstić information content (AvgIpc) is 2.84. The Balaban J connectivity index is 0.00000192. The van der Waals surface area contributed by atoms with Crippen LogP contribution in [0.5, 0.6) is 5.88 Å². The van der Waals surface area contributed by atoms with Crippen molar-refractivity contribution in [3.8, 4) is 5.88 Å². The number of aryl methyl sites for hydroxylation is 1. The molecule has 8 nitrogen and oxygen atoms in total. The van der Waals surface area contributed by atoms with Gasteiger partial charge in [0.1, 0.15) is 11.9 Å². The van der Waals surface area contributed by atoms with Gasteiger partial charge in [-0.25, -0.2) is 19.3 Å². The summed E-state index contributed by atoms with van der Waals surface area (Å²) >= 11 is 0. The predicted octanol–water partition coefficient (Wildman–Crippen LogP) is 0.880. The Morgan fingerprint density at radius 1 is 1.52 bits per heavy atom. The highest BCUT2D eigenvalue weighted by atomic mass is 35.5. The number of halogens is 1. The summed E-state index contributed by atoms with van der Waals surface area (Å²) in [7, 11) is 1.52. The second kappa shape index (κ2) is 6.82. The summed E-state index contributed by atoms with van der Waals surface area (Å²) in [4.78, 5) is 27.7. The van der Waals surface area contributed by atoms with E-state index in [-0.39, 0.29) is 19.0 Å². The number of rotatable bonds is 4. The first-order valence-electron chi connectivity index (χ1n) is 7.00. The summed E-state index contributed by atoms with van der Waals surface area (Å²) in [6, 6.07) is 2.67. The van der Waals surface area contributed by atoms with Crippen LogP contribution in [0.3, 0.4) is 0 Å². The number of fused-ring (bicyclic) bond motifs is 1. The second-order valence-electron chi connectivity index (χ2n) is 5.18. The topological polar surface area (TPSA) is 99.2 Å². The van der Waals surface area contributed by atoms with Crippen LogP contribution in [-0.4, -0.2) is 37.5 Å². The van der Waals surface area contributed by atoms with E-state index >= 15 is 0 Å².